The van der Waals surface area contributed by atoms with Crippen LogP contribution in [0.3, 0.4) is 0 Å². The molecule has 0 radical (unpaired) electrons. The summed E-state index contributed by atoms with van der Waals surface area (Å²) in [5, 5.41) is 19.8. The number of amides is 1. The number of hydrogen-bond acceptors (Lipinski definition) is 7. The number of nitrogens with two attached hydrogens (primary N) is 1. The molecule has 2 aliphatic rings. The van der Waals surface area contributed by atoms with Crippen LogP contribution in [0, 0.1) is 0 Å². The lowest BCUT2D eigenvalue weighted by Crippen LogP contribution is -3.09. The number of ether oxygens (including phenoxy) is 1. The SMILES string of the molecule is NC(=O)C1=C[NH+](C2OC(COP(=O)([O-])O)C(O)C2O)C=CC1. The minimum absolute atomic E-state index is 0.321. The zero-order valence-electron chi connectivity index (χ0n) is 11.4. The lowest BCUT2D eigenvalue weighted by atomic mass is 10.1. The van der Waals surface area contributed by atoms with E-state index >= 15 is 0 Å². The first-order valence-corrected chi connectivity index (χ1v) is 7.92. The molecule has 0 spiro atoms. The molecule has 0 aromatic rings. The van der Waals surface area contributed by atoms with Crippen LogP contribution in [-0.2, 0) is 18.6 Å². The molecule has 1 fully saturated rings. The molecule has 0 aromatic carbocycles. The average Bonchev–Trinajstić information content (AvgIpc) is 2.72. The minimum atomic E-state index is -4.96. The highest BCUT2D eigenvalue weighted by Crippen LogP contribution is 2.32. The summed E-state index contributed by atoms with van der Waals surface area (Å²) in [6, 6.07) is 0. The molecule has 2 aliphatic heterocycles. The highest BCUT2D eigenvalue weighted by atomic mass is 31.2. The molecule has 0 aromatic heterocycles. The van der Waals surface area contributed by atoms with Gasteiger partial charge in [-0.3, -0.25) is 14.3 Å². The average molecular weight is 336 g/mol. The topological polar surface area (TPSA) is 167 Å². The van der Waals surface area contributed by atoms with E-state index in [9.17, 15) is 24.5 Å². The maximum absolute atomic E-state index is 11.2. The van der Waals surface area contributed by atoms with E-state index in [4.69, 9.17) is 15.4 Å². The first-order valence-electron chi connectivity index (χ1n) is 6.43. The van der Waals surface area contributed by atoms with Gasteiger partial charge in [0, 0.05) is 6.42 Å². The number of primary amides is 1. The molecule has 1 amide bonds. The third kappa shape index (κ3) is 4.00. The van der Waals surface area contributed by atoms with Crippen molar-refractivity contribution in [3.05, 3.63) is 24.0 Å². The maximum atomic E-state index is 11.2. The quantitative estimate of drug-likeness (QED) is 0.317. The van der Waals surface area contributed by atoms with Gasteiger partial charge in [0.15, 0.2) is 6.10 Å². The van der Waals surface area contributed by atoms with Crippen LogP contribution in [0.5, 0.6) is 0 Å². The summed E-state index contributed by atoms with van der Waals surface area (Å²) in [6.07, 6.45) is 0.188. The normalized spacial score (nSPS) is 37.6. The van der Waals surface area contributed by atoms with Crippen molar-refractivity contribution in [1.82, 2.24) is 0 Å². The Hall–Kier alpha value is -1.10. The van der Waals surface area contributed by atoms with E-state index < -0.39 is 44.9 Å². The molecule has 6 atom stereocenters. The van der Waals surface area contributed by atoms with E-state index in [-0.39, 0.29) is 0 Å². The number of rotatable bonds is 5. The van der Waals surface area contributed by atoms with Crippen LogP contribution in [0.1, 0.15) is 6.42 Å². The molecule has 0 saturated carbocycles. The monoisotopic (exact) mass is 336 g/mol. The number of aliphatic hydroxyl groups excluding tert-OH is 2. The molecule has 10 nitrogen and oxygen atoms in total. The number of phosphoric acid groups is 1. The number of aliphatic hydroxyl groups is 2. The van der Waals surface area contributed by atoms with Crippen LogP contribution in [0.25, 0.3) is 0 Å². The first kappa shape index (κ1) is 17.3. The van der Waals surface area contributed by atoms with E-state index in [0.29, 0.717) is 16.9 Å². The second-order valence-corrected chi connectivity index (χ2v) is 6.18. The van der Waals surface area contributed by atoms with Gasteiger partial charge in [-0.05, 0) is 6.08 Å². The predicted octanol–water partition coefficient (Wildman–Crippen LogP) is -3.92. The highest BCUT2D eigenvalue weighted by Gasteiger charge is 2.48. The van der Waals surface area contributed by atoms with Gasteiger partial charge in [-0.25, -0.2) is 0 Å². The fourth-order valence-electron chi connectivity index (χ4n) is 2.31. The first-order chi connectivity index (χ1) is 10.2. The molecule has 2 heterocycles. The molecule has 0 bridgehead atoms. The van der Waals surface area contributed by atoms with E-state index in [0.717, 1.165) is 0 Å². The van der Waals surface area contributed by atoms with Crippen LogP contribution >= 0.6 is 7.82 Å². The Balaban J connectivity index is 2.06. The standard InChI is InChI=1S/C11H17N2O8P/c12-10(16)6-2-1-3-13(4-6)11-9(15)8(14)7(21-11)5-20-22(17,18)19/h1,3-4,7-9,11,14-15H,2,5H2,(H2,12,16)(H2,17,18,19). The van der Waals surface area contributed by atoms with Gasteiger partial charge in [0.25, 0.3) is 7.82 Å². The molecular weight excluding hydrogens is 319 g/mol. The molecule has 6 N–H and O–H groups in total. The van der Waals surface area contributed by atoms with E-state index in [1.807, 2.05) is 0 Å². The van der Waals surface area contributed by atoms with Crippen molar-refractivity contribution in [2.45, 2.75) is 31.0 Å². The Morgan fingerprint density at radius 1 is 1.55 bits per heavy atom. The number of carbonyl (C=O) groups excluding carboxylic acids is 1. The number of carbonyl (C=O) groups is 1. The Labute approximate surface area is 125 Å². The third-order valence-electron chi connectivity index (χ3n) is 3.40. The number of allylic oxidation sites excluding steroid dienone is 1. The molecule has 22 heavy (non-hydrogen) atoms. The van der Waals surface area contributed by atoms with Gasteiger partial charge < -0.3 is 35.0 Å². The zero-order valence-corrected chi connectivity index (χ0v) is 12.3. The molecule has 11 heteroatoms. The lowest BCUT2D eigenvalue weighted by molar-refractivity contribution is -0.853. The van der Waals surface area contributed by atoms with Crippen LogP contribution < -0.4 is 15.5 Å². The lowest BCUT2D eigenvalue weighted by Gasteiger charge is -2.23. The number of hydrogen-bond donors (Lipinski definition) is 5. The summed E-state index contributed by atoms with van der Waals surface area (Å²) in [5.41, 5.74) is 5.51. The minimum Gasteiger partial charge on any atom is -0.756 e. The van der Waals surface area contributed by atoms with Gasteiger partial charge in [-0.1, -0.05) is 0 Å². The Morgan fingerprint density at radius 2 is 2.23 bits per heavy atom. The van der Waals surface area contributed by atoms with Crippen molar-refractivity contribution in [2.75, 3.05) is 6.61 Å². The van der Waals surface area contributed by atoms with Gasteiger partial charge in [0.05, 0.1) is 18.4 Å². The third-order valence-corrected chi connectivity index (χ3v) is 3.87. The van der Waals surface area contributed by atoms with Gasteiger partial charge in [-0.15, -0.1) is 0 Å². The smallest absolute Gasteiger partial charge is 0.265 e. The van der Waals surface area contributed by atoms with Crippen molar-refractivity contribution in [3.63, 3.8) is 0 Å². The summed E-state index contributed by atoms with van der Waals surface area (Å²) < 4.78 is 20.1. The van der Waals surface area contributed by atoms with Crippen LogP contribution in [0.15, 0.2) is 24.0 Å². The van der Waals surface area contributed by atoms with Crippen molar-refractivity contribution < 1.29 is 43.5 Å². The molecule has 1 saturated heterocycles. The van der Waals surface area contributed by atoms with Crippen LogP contribution in [0.4, 0.5) is 0 Å². The largest absolute Gasteiger partial charge is 0.756 e. The van der Waals surface area contributed by atoms with E-state index in [1.165, 1.54) is 6.20 Å². The van der Waals surface area contributed by atoms with Crippen molar-refractivity contribution in [2.24, 2.45) is 5.73 Å². The van der Waals surface area contributed by atoms with Gasteiger partial charge in [0.2, 0.25) is 12.1 Å². The highest BCUT2D eigenvalue weighted by molar-refractivity contribution is 7.44. The number of nitrogens with one attached hydrogen (secondary N) is 1. The van der Waals surface area contributed by atoms with E-state index in [1.54, 1.807) is 12.3 Å². The fourth-order valence-corrected chi connectivity index (χ4v) is 2.64. The van der Waals surface area contributed by atoms with Crippen molar-refractivity contribution >= 4 is 13.7 Å². The Morgan fingerprint density at radius 3 is 2.82 bits per heavy atom. The van der Waals surface area contributed by atoms with Gasteiger partial charge >= 0.3 is 0 Å². The van der Waals surface area contributed by atoms with Crippen LogP contribution in [0.2, 0.25) is 0 Å². The fraction of sp³-hybridized carbons (Fsp3) is 0.545. The number of phosphoric ester groups is 1. The molecule has 6 unspecified atom stereocenters. The predicted molar refractivity (Wildman–Crippen MR) is 68.4 cm³/mol. The second kappa shape index (κ2) is 6.57. The summed E-state index contributed by atoms with van der Waals surface area (Å²) >= 11 is 0. The second-order valence-electron chi connectivity index (χ2n) is 4.98. The van der Waals surface area contributed by atoms with E-state index in [2.05, 4.69) is 4.52 Å². The number of quaternary nitrogens is 1. The van der Waals surface area contributed by atoms with Crippen molar-refractivity contribution in [1.29, 1.82) is 0 Å². The molecule has 0 aliphatic carbocycles. The maximum Gasteiger partial charge on any atom is 0.265 e. The molecule has 124 valence electrons. The van der Waals surface area contributed by atoms with Gasteiger partial charge in [0.1, 0.15) is 18.4 Å². The molecule has 2 rings (SSSR count). The summed E-state index contributed by atoms with van der Waals surface area (Å²) in [4.78, 5) is 30.7. The molecular formula is C11H17N2O8P. The Kier molecular flexibility index (Phi) is 5.15. The summed E-state index contributed by atoms with van der Waals surface area (Å²) in [7, 11) is -4.96. The summed E-state index contributed by atoms with van der Waals surface area (Å²) in [5.74, 6) is -0.609. The summed E-state index contributed by atoms with van der Waals surface area (Å²) in [6.45, 7) is -0.643. The van der Waals surface area contributed by atoms with Gasteiger partial charge in [-0.2, -0.15) is 0 Å². The zero-order chi connectivity index (χ0) is 16.5. The van der Waals surface area contributed by atoms with Crippen LogP contribution in [-0.4, -0.2) is 52.2 Å². The Bertz CT molecular complexity index is 544. The van der Waals surface area contributed by atoms with Crippen molar-refractivity contribution in [3.8, 4) is 0 Å².